The fourth-order valence-corrected chi connectivity index (χ4v) is 2.18. The average Bonchev–Trinajstić information content (AvgIpc) is 2.74. The first-order chi connectivity index (χ1) is 7.78. The van der Waals surface area contributed by atoms with Gasteiger partial charge in [-0.05, 0) is 24.1 Å². The van der Waals surface area contributed by atoms with Crippen molar-refractivity contribution in [2.75, 3.05) is 5.32 Å². The third kappa shape index (κ3) is 2.93. The lowest BCUT2D eigenvalue weighted by Crippen LogP contribution is -1.98. The van der Waals surface area contributed by atoms with Crippen molar-refractivity contribution in [3.8, 4) is 0 Å². The van der Waals surface area contributed by atoms with Crippen molar-refractivity contribution in [2.45, 2.75) is 19.9 Å². The highest BCUT2D eigenvalue weighted by molar-refractivity contribution is 7.15. The molecule has 0 aliphatic carbocycles. The van der Waals surface area contributed by atoms with Gasteiger partial charge in [-0.1, -0.05) is 42.0 Å². The zero-order chi connectivity index (χ0) is 11.4. The van der Waals surface area contributed by atoms with Crippen LogP contribution in [0.1, 0.15) is 17.5 Å². The summed E-state index contributed by atoms with van der Waals surface area (Å²) in [5.41, 5.74) is 1.14. The van der Waals surface area contributed by atoms with E-state index >= 15 is 0 Å². The number of aryl methyl sites for hydroxylation is 1. The molecule has 1 aromatic carbocycles. The minimum absolute atomic E-state index is 0.721. The van der Waals surface area contributed by atoms with Gasteiger partial charge in [0.1, 0.15) is 5.01 Å². The monoisotopic (exact) mass is 253 g/mol. The molecule has 0 fully saturated rings. The average molecular weight is 254 g/mol. The van der Waals surface area contributed by atoms with Crippen molar-refractivity contribution in [1.82, 2.24) is 10.2 Å². The van der Waals surface area contributed by atoms with Crippen molar-refractivity contribution in [3.63, 3.8) is 0 Å². The number of anilines is 1. The summed E-state index contributed by atoms with van der Waals surface area (Å²) in [5, 5.41) is 14.0. The van der Waals surface area contributed by atoms with E-state index in [4.69, 9.17) is 11.6 Å². The second-order valence-electron chi connectivity index (χ2n) is 3.34. The minimum atomic E-state index is 0.721. The van der Waals surface area contributed by atoms with Crippen molar-refractivity contribution >= 4 is 28.1 Å². The molecular weight excluding hydrogens is 242 g/mol. The molecule has 0 saturated carbocycles. The normalized spacial score (nSPS) is 10.4. The molecule has 0 atom stereocenters. The number of nitrogens with one attached hydrogen (secondary N) is 1. The molecule has 2 aromatic rings. The van der Waals surface area contributed by atoms with E-state index in [-0.39, 0.29) is 0 Å². The van der Waals surface area contributed by atoms with Gasteiger partial charge in [0.15, 0.2) is 0 Å². The van der Waals surface area contributed by atoms with Crippen LogP contribution in [0.15, 0.2) is 24.3 Å². The van der Waals surface area contributed by atoms with Gasteiger partial charge in [-0.2, -0.15) is 0 Å². The molecular formula is C11H12ClN3S. The fraction of sp³-hybridized carbons (Fsp3) is 0.273. The molecule has 0 unspecified atom stereocenters. The summed E-state index contributed by atoms with van der Waals surface area (Å²) in [4.78, 5) is 0. The van der Waals surface area contributed by atoms with E-state index in [1.54, 1.807) is 11.3 Å². The number of rotatable bonds is 4. The largest absolute Gasteiger partial charge is 0.356 e. The van der Waals surface area contributed by atoms with Crippen LogP contribution >= 0.6 is 22.9 Å². The second-order valence-corrected chi connectivity index (χ2v) is 4.84. The maximum atomic E-state index is 5.90. The number of benzene rings is 1. The van der Waals surface area contributed by atoms with Crippen LogP contribution < -0.4 is 5.32 Å². The summed E-state index contributed by atoms with van der Waals surface area (Å²) in [6, 6.07) is 7.78. The van der Waals surface area contributed by atoms with Crippen molar-refractivity contribution < 1.29 is 0 Å². The third-order valence-electron chi connectivity index (χ3n) is 2.10. The SMILES string of the molecule is CCc1nnc(NCc2cccc(Cl)c2)s1. The van der Waals surface area contributed by atoms with Crippen LogP contribution in [0.4, 0.5) is 5.13 Å². The van der Waals surface area contributed by atoms with Gasteiger partial charge >= 0.3 is 0 Å². The van der Waals surface area contributed by atoms with Crippen LogP contribution in [0.2, 0.25) is 5.02 Å². The first-order valence-electron chi connectivity index (χ1n) is 5.08. The van der Waals surface area contributed by atoms with Gasteiger partial charge in [-0.15, -0.1) is 10.2 Å². The smallest absolute Gasteiger partial charge is 0.205 e. The van der Waals surface area contributed by atoms with E-state index < -0.39 is 0 Å². The Hall–Kier alpha value is -1.13. The van der Waals surface area contributed by atoms with Gasteiger partial charge in [0.05, 0.1) is 0 Å². The molecule has 0 aliphatic heterocycles. The van der Waals surface area contributed by atoms with E-state index in [0.29, 0.717) is 0 Å². The molecule has 1 N–H and O–H groups in total. The predicted molar refractivity (Wildman–Crippen MR) is 68.1 cm³/mol. The fourth-order valence-electron chi connectivity index (χ4n) is 1.29. The number of halogens is 1. The number of nitrogens with zero attached hydrogens (tertiary/aromatic N) is 2. The van der Waals surface area contributed by atoms with Gasteiger partial charge in [-0.3, -0.25) is 0 Å². The number of hydrogen-bond acceptors (Lipinski definition) is 4. The summed E-state index contributed by atoms with van der Waals surface area (Å²) in [6.45, 7) is 2.79. The number of hydrogen-bond donors (Lipinski definition) is 1. The minimum Gasteiger partial charge on any atom is -0.356 e. The molecule has 0 bridgehead atoms. The maximum absolute atomic E-state index is 5.90. The Labute approximate surface area is 103 Å². The van der Waals surface area contributed by atoms with E-state index in [2.05, 4.69) is 22.4 Å². The summed E-state index contributed by atoms with van der Waals surface area (Å²) in [7, 11) is 0. The predicted octanol–water partition coefficient (Wildman–Crippen LogP) is 3.37. The summed E-state index contributed by atoms with van der Waals surface area (Å²) < 4.78 is 0. The Morgan fingerprint density at radius 3 is 2.94 bits per heavy atom. The molecule has 0 amide bonds. The summed E-state index contributed by atoms with van der Waals surface area (Å²) >= 11 is 7.49. The summed E-state index contributed by atoms with van der Waals surface area (Å²) in [6.07, 6.45) is 0.927. The lowest BCUT2D eigenvalue weighted by Gasteiger charge is -2.02. The van der Waals surface area contributed by atoms with Gasteiger partial charge in [-0.25, -0.2) is 0 Å². The van der Waals surface area contributed by atoms with Crippen LogP contribution in [0.25, 0.3) is 0 Å². The lowest BCUT2D eigenvalue weighted by atomic mass is 10.2. The molecule has 84 valence electrons. The quantitative estimate of drug-likeness (QED) is 0.908. The highest BCUT2D eigenvalue weighted by atomic mass is 35.5. The Morgan fingerprint density at radius 2 is 2.25 bits per heavy atom. The van der Waals surface area contributed by atoms with Crippen LogP contribution in [-0.2, 0) is 13.0 Å². The maximum Gasteiger partial charge on any atom is 0.205 e. The highest BCUT2D eigenvalue weighted by Gasteiger charge is 2.01. The molecule has 5 heteroatoms. The van der Waals surface area contributed by atoms with Gasteiger partial charge in [0.25, 0.3) is 0 Å². The highest BCUT2D eigenvalue weighted by Crippen LogP contribution is 2.17. The lowest BCUT2D eigenvalue weighted by molar-refractivity contribution is 0.975. The Morgan fingerprint density at radius 1 is 1.38 bits per heavy atom. The van der Waals surface area contributed by atoms with E-state index in [1.165, 1.54) is 0 Å². The molecule has 1 heterocycles. The second kappa shape index (κ2) is 5.27. The zero-order valence-corrected chi connectivity index (χ0v) is 10.5. The molecule has 3 nitrogen and oxygen atoms in total. The molecule has 2 rings (SSSR count). The van der Waals surface area contributed by atoms with Gasteiger partial charge in [0, 0.05) is 11.6 Å². The van der Waals surface area contributed by atoms with Crippen LogP contribution in [-0.4, -0.2) is 10.2 Å². The Kier molecular flexibility index (Phi) is 3.74. The third-order valence-corrected chi connectivity index (χ3v) is 3.36. The molecule has 0 saturated heterocycles. The van der Waals surface area contributed by atoms with Gasteiger partial charge in [0.2, 0.25) is 5.13 Å². The molecule has 0 radical (unpaired) electrons. The van der Waals surface area contributed by atoms with Crippen molar-refractivity contribution in [2.24, 2.45) is 0 Å². The Balaban J connectivity index is 1.96. The topological polar surface area (TPSA) is 37.8 Å². The molecule has 16 heavy (non-hydrogen) atoms. The van der Waals surface area contributed by atoms with Crippen LogP contribution in [0.5, 0.6) is 0 Å². The molecule has 1 aromatic heterocycles. The van der Waals surface area contributed by atoms with Crippen molar-refractivity contribution in [1.29, 1.82) is 0 Å². The zero-order valence-electron chi connectivity index (χ0n) is 8.90. The molecule has 0 aliphatic rings. The van der Waals surface area contributed by atoms with E-state index in [1.807, 2.05) is 24.3 Å². The first kappa shape index (κ1) is 11.4. The van der Waals surface area contributed by atoms with E-state index in [0.717, 1.165) is 33.7 Å². The number of aromatic nitrogens is 2. The van der Waals surface area contributed by atoms with E-state index in [9.17, 15) is 0 Å². The van der Waals surface area contributed by atoms with Crippen LogP contribution in [0, 0.1) is 0 Å². The summed E-state index contributed by atoms with van der Waals surface area (Å²) in [5.74, 6) is 0. The van der Waals surface area contributed by atoms with Gasteiger partial charge < -0.3 is 5.32 Å². The van der Waals surface area contributed by atoms with Crippen molar-refractivity contribution in [3.05, 3.63) is 39.9 Å². The van der Waals surface area contributed by atoms with Crippen LogP contribution in [0.3, 0.4) is 0 Å². The Bertz CT molecular complexity index is 470. The standard InChI is InChI=1S/C11H12ClN3S/c1-2-10-14-15-11(16-10)13-7-8-4-3-5-9(12)6-8/h3-6H,2,7H2,1H3,(H,13,15). The first-order valence-corrected chi connectivity index (χ1v) is 6.28. The molecule has 0 spiro atoms.